The quantitative estimate of drug-likeness (QED) is 0.0386. The van der Waals surface area contributed by atoms with Gasteiger partial charge < -0.3 is 52.9 Å². The summed E-state index contributed by atoms with van der Waals surface area (Å²) < 4.78 is 119. The van der Waals surface area contributed by atoms with Crippen molar-refractivity contribution >= 4 is 118 Å². The van der Waals surface area contributed by atoms with Crippen molar-refractivity contribution in [2.24, 2.45) is 17.2 Å². The van der Waals surface area contributed by atoms with E-state index in [4.69, 9.17) is 27.4 Å². The highest BCUT2D eigenvalue weighted by atomic mass is 32.2. The largest absolute Gasteiger partial charge is 0.481 e. The maximum absolute atomic E-state index is 12.1. The SMILES string of the molecule is C.C.C.C.C.C.CC(C)S(=O)(=O)c1ccc2[nH]cc(CC(N)=O)c2c1.CC(C)S(=O)(=O)c1ccc2c(c1)C(CC(=O)O)CN2.CC(C)S(=O)(=O)c1ccc2c(c1)C(CC(N)=O)CN2.CS(=O)(=O)c1ccc2[nH]cc(CC(=O)O)c2c1.CS(=O)(=O)c1ccc2c(c1)N(CC(N)=O)CC2. The van der Waals surface area contributed by atoms with E-state index in [1.54, 1.807) is 133 Å². The summed E-state index contributed by atoms with van der Waals surface area (Å²) in [6.07, 6.45) is 6.56. The lowest BCUT2D eigenvalue weighted by atomic mass is 9.98. The third-order valence-corrected chi connectivity index (χ3v) is 23.8. The molecule has 97 heavy (non-hydrogen) atoms. The molecule has 25 nitrogen and oxygen atoms in total. The van der Waals surface area contributed by atoms with Gasteiger partial charge in [0.2, 0.25) is 17.7 Å². The second kappa shape index (κ2) is 35.8. The molecular formula is C67H100N8O17S5. The first-order chi connectivity index (χ1) is 42.2. The summed E-state index contributed by atoms with van der Waals surface area (Å²) in [5, 5.41) is 23.8. The highest BCUT2D eigenvalue weighted by molar-refractivity contribution is 7.92. The zero-order valence-electron chi connectivity index (χ0n) is 51.3. The van der Waals surface area contributed by atoms with E-state index in [1.807, 2.05) is 4.90 Å². The number of carboxylic acid groups (broad SMARTS) is 2. The van der Waals surface area contributed by atoms with E-state index in [1.165, 1.54) is 18.4 Å². The molecule has 2 unspecified atom stereocenters. The van der Waals surface area contributed by atoms with Crippen LogP contribution in [0.15, 0.2) is 128 Å². The van der Waals surface area contributed by atoms with E-state index in [0.29, 0.717) is 41.0 Å². The number of benzene rings is 5. The van der Waals surface area contributed by atoms with Gasteiger partial charge in [0.15, 0.2) is 49.2 Å². The molecule has 7 aromatic rings. The Morgan fingerprint density at radius 2 is 0.866 bits per heavy atom. The number of carboxylic acids is 2. The summed E-state index contributed by atoms with van der Waals surface area (Å²) in [7, 11) is -16.4. The molecule has 0 fully saturated rings. The van der Waals surface area contributed by atoms with E-state index in [0.717, 1.165) is 62.8 Å². The van der Waals surface area contributed by atoms with Crippen LogP contribution in [-0.4, -0.2) is 146 Å². The topological polar surface area (TPSA) is 433 Å². The molecule has 5 heterocycles. The van der Waals surface area contributed by atoms with Crippen LogP contribution in [0.3, 0.4) is 0 Å². The van der Waals surface area contributed by atoms with Crippen molar-refractivity contribution in [1.82, 2.24) is 9.97 Å². The Morgan fingerprint density at radius 1 is 0.485 bits per heavy atom. The number of fused-ring (bicyclic) bond motifs is 5. The molecule has 30 heteroatoms. The molecule has 3 amide bonds. The molecule has 0 radical (unpaired) electrons. The van der Waals surface area contributed by atoms with Gasteiger partial charge in [-0.1, -0.05) is 50.6 Å². The number of hydrogen-bond donors (Lipinski definition) is 9. The molecule has 12 N–H and O–H groups in total. The molecule has 3 aliphatic heterocycles. The third-order valence-electron chi connectivity index (χ3n) is 15.2. The van der Waals surface area contributed by atoms with Gasteiger partial charge in [0.1, 0.15) is 0 Å². The maximum Gasteiger partial charge on any atom is 0.307 e. The number of rotatable bonds is 18. The minimum atomic E-state index is -3.33. The number of aromatic nitrogens is 2. The minimum Gasteiger partial charge on any atom is -0.481 e. The number of amides is 3. The molecule has 2 aromatic heterocycles. The fraction of sp³-hybridized carbons (Fsp3) is 0.418. The van der Waals surface area contributed by atoms with E-state index in [9.17, 15) is 66.1 Å². The second-order valence-electron chi connectivity index (χ2n) is 22.9. The fourth-order valence-corrected chi connectivity index (χ4v) is 14.7. The van der Waals surface area contributed by atoms with E-state index in [2.05, 4.69) is 20.6 Å². The van der Waals surface area contributed by atoms with E-state index >= 15 is 0 Å². The van der Waals surface area contributed by atoms with Crippen molar-refractivity contribution < 1.29 is 76.3 Å². The smallest absolute Gasteiger partial charge is 0.307 e. The van der Waals surface area contributed by atoms with Crippen molar-refractivity contribution in [2.45, 2.75) is 170 Å². The normalized spacial score (nSPS) is 14.2. The number of primary amides is 3. The van der Waals surface area contributed by atoms with Crippen LogP contribution in [0, 0.1) is 0 Å². The molecule has 0 saturated heterocycles. The Bertz CT molecular complexity index is 4420. The van der Waals surface area contributed by atoms with Crippen LogP contribution >= 0.6 is 0 Å². The molecule has 0 aliphatic carbocycles. The monoisotopic (exact) mass is 1450 g/mol. The van der Waals surface area contributed by atoms with Crippen LogP contribution in [0.1, 0.15) is 139 Å². The Balaban J connectivity index is 0.00000117. The number of aliphatic carboxylic acids is 2. The van der Waals surface area contributed by atoms with Gasteiger partial charge in [-0.2, -0.15) is 0 Å². The summed E-state index contributed by atoms with van der Waals surface area (Å²) >= 11 is 0. The molecule has 0 bridgehead atoms. The van der Waals surface area contributed by atoms with Gasteiger partial charge in [0, 0.05) is 102 Å². The summed E-state index contributed by atoms with van der Waals surface area (Å²) in [6.45, 7) is 11.8. The lowest BCUT2D eigenvalue weighted by Crippen LogP contribution is -2.32. The van der Waals surface area contributed by atoms with E-state index < -0.39 is 88.7 Å². The first-order valence-corrected chi connectivity index (χ1v) is 36.9. The molecule has 0 spiro atoms. The standard InChI is InChI=1S/C13H18N2O3S.C13H16N2O3S.C13H17NO4S.C11H14N2O3S.C11H11NO4S.6CH4/c2*1-8(2)19(17,18)10-3-4-12-11(6-10)9(7-15-12)5-13(14)16;1-8(2)19(17,18)10-3-4-12-11(6-10)9(7-14-12)5-13(15)16;1-17(15,16)9-3-2-8-4-5-13(7-11(12)14)10(8)6-9;1-17(15,16)8-2-3-10-9(5-8)7(6-12-10)4-11(13)14;;;;;;/h3-4,6,8-9,15H,5,7H2,1-2H3,(H2,14,16);3-4,6-8,15H,5H2,1-2H3,(H2,14,16);3-4,6,8-9,14H,5,7H2,1-2H3,(H,15,16);2-3,6H,4-5,7H2,1H3,(H2,12,14);2-3,5-6,12H,4H2,1H3,(H,13,14);6*1H4. The number of nitrogens with two attached hydrogens (primary N) is 3. The maximum atomic E-state index is 12.1. The summed E-state index contributed by atoms with van der Waals surface area (Å²) in [5.74, 6) is -3.28. The Labute approximate surface area is 573 Å². The summed E-state index contributed by atoms with van der Waals surface area (Å²) in [5.41, 5.74) is 23.6. The second-order valence-corrected chi connectivity index (χ2v) is 34.5. The van der Waals surface area contributed by atoms with Crippen molar-refractivity contribution in [1.29, 1.82) is 0 Å². The van der Waals surface area contributed by atoms with Gasteiger partial charge in [-0.15, -0.1) is 0 Å². The van der Waals surface area contributed by atoms with Crippen LogP contribution in [0.25, 0.3) is 21.8 Å². The molecule has 540 valence electrons. The van der Waals surface area contributed by atoms with Gasteiger partial charge in [-0.05, 0) is 161 Å². The average molecular weight is 1450 g/mol. The molecule has 5 aromatic carbocycles. The van der Waals surface area contributed by atoms with Gasteiger partial charge in [0.05, 0.1) is 66.0 Å². The Morgan fingerprint density at radius 3 is 1.26 bits per heavy atom. The number of carbonyl (C=O) groups is 5. The predicted octanol–water partition coefficient (Wildman–Crippen LogP) is 9.44. The number of nitrogens with one attached hydrogen (secondary N) is 4. The fourth-order valence-electron chi connectivity index (χ4n) is 10.1. The highest BCUT2D eigenvalue weighted by Crippen LogP contribution is 2.38. The number of nitrogens with zero attached hydrogens (tertiary/aromatic N) is 1. The van der Waals surface area contributed by atoms with Crippen LogP contribution < -0.4 is 32.7 Å². The number of carbonyl (C=O) groups excluding carboxylic acids is 3. The van der Waals surface area contributed by atoms with Crippen LogP contribution in [0.5, 0.6) is 0 Å². The number of sulfone groups is 5. The third kappa shape index (κ3) is 22.4. The average Bonchev–Trinajstić information content (AvgIpc) is 1.77. The molecule has 3 aliphatic rings. The zero-order valence-corrected chi connectivity index (χ0v) is 55.4. The molecular weight excluding hydrogens is 1350 g/mol. The minimum absolute atomic E-state index is 0. The van der Waals surface area contributed by atoms with Gasteiger partial charge in [-0.3, -0.25) is 24.0 Å². The predicted molar refractivity (Wildman–Crippen MR) is 387 cm³/mol. The molecule has 0 saturated carbocycles. The van der Waals surface area contributed by atoms with Gasteiger partial charge >= 0.3 is 11.9 Å². The number of aromatic amines is 2. The molecule has 10 rings (SSSR count). The Kier molecular flexibility index (Phi) is 32.7. The van der Waals surface area contributed by atoms with Gasteiger partial charge in [-0.25, -0.2) is 42.1 Å². The van der Waals surface area contributed by atoms with Crippen LogP contribution in [0.4, 0.5) is 17.1 Å². The lowest BCUT2D eigenvalue weighted by Gasteiger charge is -2.17. The zero-order chi connectivity index (χ0) is 67.9. The summed E-state index contributed by atoms with van der Waals surface area (Å²) in [4.78, 5) is 63.4. The van der Waals surface area contributed by atoms with Crippen LogP contribution in [-0.2, 0) is 92.4 Å². The van der Waals surface area contributed by atoms with Crippen molar-refractivity contribution in [2.75, 3.05) is 54.2 Å². The summed E-state index contributed by atoms with van der Waals surface area (Å²) in [6, 6.07) is 24.4. The molecule has 2 atom stereocenters. The Hall–Kier alpha value is -8.32. The number of H-pyrrole nitrogens is 2. The van der Waals surface area contributed by atoms with Crippen molar-refractivity contribution in [3.8, 4) is 0 Å². The number of anilines is 3. The van der Waals surface area contributed by atoms with E-state index in [-0.39, 0.29) is 114 Å². The first kappa shape index (κ1) is 88.7. The first-order valence-electron chi connectivity index (χ1n) is 28.5. The van der Waals surface area contributed by atoms with Crippen molar-refractivity contribution in [3.05, 3.63) is 131 Å². The number of hydrogen-bond acceptors (Lipinski definition) is 18. The lowest BCUT2D eigenvalue weighted by molar-refractivity contribution is -0.138. The van der Waals surface area contributed by atoms with Gasteiger partial charge in [0.25, 0.3) is 0 Å². The van der Waals surface area contributed by atoms with Crippen LogP contribution in [0.2, 0.25) is 0 Å². The highest BCUT2D eigenvalue weighted by Gasteiger charge is 2.30. The van der Waals surface area contributed by atoms with Crippen molar-refractivity contribution in [3.63, 3.8) is 0 Å².